The minimum Gasteiger partial charge on any atom is -0.344 e. The molecule has 1 atom stereocenters. The smallest absolute Gasteiger partial charge is 0.317 e. The van der Waals surface area contributed by atoms with Gasteiger partial charge in [0.15, 0.2) is 0 Å². The Labute approximate surface area is 140 Å². The van der Waals surface area contributed by atoms with Crippen molar-refractivity contribution < 1.29 is 9.59 Å². The van der Waals surface area contributed by atoms with E-state index in [1.807, 2.05) is 30.3 Å². The molecule has 24 heavy (non-hydrogen) atoms. The van der Waals surface area contributed by atoms with Crippen LogP contribution in [-0.2, 0) is 11.3 Å². The van der Waals surface area contributed by atoms with E-state index in [4.69, 9.17) is 0 Å². The molecular weight excluding hydrogens is 306 g/mol. The minimum atomic E-state index is -0.208. The number of carbonyl (C=O) groups excluding carboxylic acids is 2. The molecule has 1 fully saturated rings. The van der Waals surface area contributed by atoms with E-state index in [-0.39, 0.29) is 18.0 Å². The van der Waals surface area contributed by atoms with Crippen molar-refractivity contribution in [2.24, 2.45) is 0 Å². The normalized spacial score (nSPS) is 17.2. The van der Waals surface area contributed by atoms with Crippen LogP contribution in [0.2, 0.25) is 0 Å². The van der Waals surface area contributed by atoms with Gasteiger partial charge in [-0.25, -0.2) is 9.78 Å². The average molecular weight is 327 g/mol. The molecule has 2 aromatic rings. The number of amides is 3. The monoisotopic (exact) mass is 327 g/mol. The average Bonchev–Trinajstić information content (AvgIpc) is 3.15. The molecule has 2 N–H and O–H groups in total. The number of hydrogen-bond donors (Lipinski definition) is 2. The lowest BCUT2D eigenvalue weighted by atomic mass is 10.2. The van der Waals surface area contributed by atoms with Crippen molar-refractivity contribution in [3.63, 3.8) is 0 Å². The maximum Gasteiger partial charge on any atom is 0.317 e. The van der Waals surface area contributed by atoms with Crippen molar-refractivity contribution >= 4 is 11.9 Å². The highest BCUT2D eigenvalue weighted by Gasteiger charge is 2.28. The van der Waals surface area contributed by atoms with Gasteiger partial charge in [-0.1, -0.05) is 30.3 Å². The highest BCUT2D eigenvalue weighted by Crippen LogP contribution is 2.16. The van der Waals surface area contributed by atoms with Crippen LogP contribution in [0.1, 0.15) is 12.2 Å². The summed E-state index contributed by atoms with van der Waals surface area (Å²) in [5.41, 5.74) is 1.97. The number of imidazole rings is 1. The van der Waals surface area contributed by atoms with E-state index >= 15 is 0 Å². The molecule has 0 aliphatic carbocycles. The van der Waals surface area contributed by atoms with Gasteiger partial charge in [0.05, 0.1) is 24.5 Å². The first kappa shape index (κ1) is 16.0. The number of aromatic amines is 1. The van der Waals surface area contributed by atoms with E-state index in [2.05, 4.69) is 15.3 Å². The predicted octanol–water partition coefficient (Wildman–Crippen LogP) is 1.45. The topological polar surface area (TPSA) is 81.3 Å². The number of nitrogens with one attached hydrogen (secondary N) is 2. The molecule has 126 valence electrons. The SMILES string of the molecule is CN1C[C@H](NC(=O)N(C)Cc2ncc(-c3ccccc3)[nH]2)CC1=O. The molecule has 7 nitrogen and oxygen atoms in total. The van der Waals surface area contributed by atoms with Crippen LogP contribution >= 0.6 is 0 Å². The third kappa shape index (κ3) is 3.56. The molecule has 1 aliphatic rings. The Kier molecular flexibility index (Phi) is 4.50. The van der Waals surface area contributed by atoms with Gasteiger partial charge in [0.2, 0.25) is 5.91 Å². The van der Waals surface area contributed by atoms with Gasteiger partial charge in [-0.2, -0.15) is 0 Å². The summed E-state index contributed by atoms with van der Waals surface area (Å²) in [6.45, 7) is 0.923. The highest BCUT2D eigenvalue weighted by atomic mass is 16.2. The standard InChI is InChI=1S/C17H21N5O2/c1-21-10-13(8-16(21)23)19-17(24)22(2)11-15-18-9-14(20-15)12-6-4-3-5-7-12/h3-7,9,13H,8,10-11H2,1-2H3,(H,18,20)(H,19,24)/t13-/m1/s1. The Hall–Kier alpha value is -2.83. The number of aromatic nitrogens is 2. The largest absolute Gasteiger partial charge is 0.344 e. The lowest BCUT2D eigenvalue weighted by molar-refractivity contribution is -0.126. The second-order valence-electron chi connectivity index (χ2n) is 6.09. The minimum absolute atomic E-state index is 0.0569. The zero-order chi connectivity index (χ0) is 17.1. The molecule has 2 heterocycles. The van der Waals surface area contributed by atoms with Crippen LogP contribution in [0, 0.1) is 0 Å². The molecule has 3 amide bonds. The van der Waals surface area contributed by atoms with E-state index in [1.165, 1.54) is 0 Å². The van der Waals surface area contributed by atoms with Crippen LogP contribution in [-0.4, -0.2) is 58.4 Å². The van der Waals surface area contributed by atoms with Crippen LogP contribution in [0.3, 0.4) is 0 Å². The molecule has 1 saturated heterocycles. The van der Waals surface area contributed by atoms with E-state index < -0.39 is 0 Å². The summed E-state index contributed by atoms with van der Waals surface area (Å²) >= 11 is 0. The predicted molar refractivity (Wildman–Crippen MR) is 90.1 cm³/mol. The number of likely N-dealkylation sites (tertiary alicyclic amines) is 1. The van der Waals surface area contributed by atoms with Crippen molar-refractivity contribution in [1.29, 1.82) is 0 Å². The molecular formula is C17H21N5O2. The molecule has 0 saturated carbocycles. The number of nitrogens with zero attached hydrogens (tertiary/aromatic N) is 3. The maximum atomic E-state index is 12.2. The second kappa shape index (κ2) is 6.74. The van der Waals surface area contributed by atoms with E-state index in [9.17, 15) is 9.59 Å². The van der Waals surface area contributed by atoms with E-state index in [0.717, 1.165) is 11.3 Å². The number of hydrogen-bond acceptors (Lipinski definition) is 3. The number of rotatable bonds is 4. The molecule has 1 aromatic heterocycles. The Bertz CT molecular complexity index is 728. The number of benzene rings is 1. The van der Waals surface area contributed by atoms with Gasteiger partial charge in [0.1, 0.15) is 5.82 Å². The fraction of sp³-hybridized carbons (Fsp3) is 0.353. The van der Waals surface area contributed by atoms with Crippen molar-refractivity contribution in [2.45, 2.75) is 19.0 Å². The quantitative estimate of drug-likeness (QED) is 0.892. The molecule has 1 aromatic carbocycles. The Balaban J connectivity index is 1.57. The van der Waals surface area contributed by atoms with Crippen molar-refractivity contribution in [3.05, 3.63) is 42.4 Å². The van der Waals surface area contributed by atoms with Crippen molar-refractivity contribution in [1.82, 2.24) is 25.1 Å². The van der Waals surface area contributed by atoms with Crippen LogP contribution in [0.5, 0.6) is 0 Å². The Morgan fingerprint density at radius 2 is 2.17 bits per heavy atom. The van der Waals surface area contributed by atoms with Gasteiger partial charge in [-0.3, -0.25) is 4.79 Å². The van der Waals surface area contributed by atoms with E-state index in [1.54, 1.807) is 30.1 Å². The van der Waals surface area contributed by atoms with Crippen LogP contribution < -0.4 is 5.32 Å². The second-order valence-corrected chi connectivity index (χ2v) is 6.09. The van der Waals surface area contributed by atoms with Crippen LogP contribution in [0.25, 0.3) is 11.3 Å². The molecule has 0 spiro atoms. The summed E-state index contributed by atoms with van der Waals surface area (Å²) in [6.07, 6.45) is 2.12. The van der Waals surface area contributed by atoms with Gasteiger partial charge < -0.3 is 20.1 Å². The van der Waals surface area contributed by atoms with E-state index in [0.29, 0.717) is 25.3 Å². The van der Waals surface area contributed by atoms with Gasteiger partial charge in [0.25, 0.3) is 0 Å². The summed E-state index contributed by atoms with van der Waals surface area (Å²) in [5.74, 6) is 0.771. The summed E-state index contributed by atoms with van der Waals surface area (Å²) < 4.78 is 0. The first-order valence-corrected chi connectivity index (χ1v) is 7.88. The maximum absolute atomic E-state index is 12.2. The number of likely N-dealkylation sites (N-methyl/N-ethyl adjacent to an activating group) is 1. The fourth-order valence-electron chi connectivity index (χ4n) is 2.75. The first-order chi connectivity index (χ1) is 11.5. The third-order valence-corrected chi connectivity index (χ3v) is 4.12. The zero-order valence-electron chi connectivity index (χ0n) is 13.8. The summed E-state index contributed by atoms with van der Waals surface area (Å²) in [4.78, 5) is 34.5. The van der Waals surface area contributed by atoms with Gasteiger partial charge in [-0.05, 0) is 5.56 Å². The highest BCUT2D eigenvalue weighted by molar-refractivity contribution is 5.81. The molecule has 1 aliphatic heterocycles. The van der Waals surface area contributed by atoms with Crippen LogP contribution in [0.4, 0.5) is 4.79 Å². The number of H-pyrrole nitrogens is 1. The Morgan fingerprint density at radius 3 is 2.83 bits per heavy atom. The molecule has 0 bridgehead atoms. The van der Waals surface area contributed by atoms with Crippen molar-refractivity contribution in [3.8, 4) is 11.3 Å². The molecule has 7 heteroatoms. The fourth-order valence-corrected chi connectivity index (χ4v) is 2.75. The number of urea groups is 1. The molecule has 0 unspecified atom stereocenters. The summed E-state index contributed by atoms with van der Waals surface area (Å²) in [5, 5.41) is 2.88. The van der Waals surface area contributed by atoms with Gasteiger partial charge in [0, 0.05) is 27.1 Å². The molecule has 0 radical (unpaired) electrons. The van der Waals surface area contributed by atoms with Crippen molar-refractivity contribution in [2.75, 3.05) is 20.6 Å². The third-order valence-electron chi connectivity index (χ3n) is 4.12. The van der Waals surface area contributed by atoms with Crippen LogP contribution in [0.15, 0.2) is 36.5 Å². The number of carbonyl (C=O) groups is 2. The van der Waals surface area contributed by atoms with Gasteiger partial charge >= 0.3 is 6.03 Å². The zero-order valence-corrected chi connectivity index (χ0v) is 13.8. The summed E-state index contributed by atoms with van der Waals surface area (Å²) in [6, 6.07) is 9.56. The lowest BCUT2D eigenvalue weighted by Gasteiger charge is -2.19. The van der Waals surface area contributed by atoms with Gasteiger partial charge in [-0.15, -0.1) is 0 Å². The Morgan fingerprint density at radius 1 is 1.42 bits per heavy atom. The lowest BCUT2D eigenvalue weighted by Crippen LogP contribution is -2.43. The first-order valence-electron chi connectivity index (χ1n) is 7.88. The summed E-state index contributed by atoms with van der Waals surface area (Å²) in [7, 11) is 3.45. The molecule has 3 rings (SSSR count).